The van der Waals surface area contributed by atoms with Crippen molar-refractivity contribution < 1.29 is 17.9 Å². The van der Waals surface area contributed by atoms with Crippen LogP contribution in [-0.4, -0.2) is 45.4 Å². The Morgan fingerprint density at radius 1 is 1.17 bits per heavy atom. The maximum absolute atomic E-state index is 12.8. The van der Waals surface area contributed by atoms with E-state index in [0.29, 0.717) is 25.9 Å². The van der Waals surface area contributed by atoms with Crippen LogP contribution in [0.2, 0.25) is 0 Å². The van der Waals surface area contributed by atoms with Gasteiger partial charge in [-0.15, -0.1) is 0 Å². The van der Waals surface area contributed by atoms with E-state index in [1.165, 1.54) is 4.31 Å². The molecule has 1 fully saturated rings. The van der Waals surface area contributed by atoms with Crippen molar-refractivity contribution in [2.75, 3.05) is 26.7 Å². The number of hydrogen-bond acceptors (Lipinski definition) is 4. The minimum atomic E-state index is -3.55. The van der Waals surface area contributed by atoms with Crippen LogP contribution in [0.5, 0.6) is 5.75 Å². The van der Waals surface area contributed by atoms with Crippen molar-refractivity contribution in [2.45, 2.75) is 30.6 Å². The van der Waals surface area contributed by atoms with Gasteiger partial charge in [0.05, 0.1) is 17.9 Å². The Balaban J connectivity index is 1.49. The topological polar surface area (TPSA) is 75.7 Å². The predicted molar refractivity (Wildman–Crippen MR) is 112 cm³/mol. The molecule has 0 bridgehead atoms. The largest absolute Gasteiger partial charge is 0.497 e. The summed E-state index contributed by atoms with van der Waals surface area (Å²) in [7, 11) is -1.91. The highest BCUT2D eigenvalue weighted by atomic mass is 32.2. The van der Waals surface area contributed by atoms with E-state index in [1.54, 1.807) is 37.4 Å². The lowest BCUT2D eigenvalue weighted by molar-refractivity contribution is -0.126. The van der Waals surface area contributed by atoms with E-state index in [4.69, 9.17) is 4.74 Å². The number of aryl methyl sites for hydroxylation is 1. The third-order valence-corrected chi connectivity index (χ3v) is 7.09. The van der Waals surface area contributed by atoms with Crippen LogP contribution in [0.4, 0.5) is 0 Å². The molecule has 0 aromatic heterocycles. The molecule has 1 N–H and O–H groups in total. The Kier molecular flexibility index (Phi) is 7.28. The Morgan fingerprint density at radius 2 is 1.97 bits per heavy atom. The first kappa shape index (κ1) is 21.3. The molecule has 2 aromatic rings. The van der Waals surface area contributed by atoms with E-state index in [9.17, 15) is 13.2 Å². The first-order valence-electron chi connectivity index (χ1n) is 9.96. The van der Waals surface area contributed by atoms with Crippen LogP contribution in [0, 0.1) is 5.92 Å². The number of amides is 1. The summed E-state index contributed by atoms with van der Waals surface area (Å²) in [6.07, 6.45) is 3.06. The van der Waals surface area contributed by atoms with Crippen LogP contribution in [-0.2, 0) is 21.2 Å². The zero-order valence-electron chi connectivity index (χ0n) is 16.7. The van der Waals surface area contributed by atoms with Gasteiger partial charge in [0.15, 0.2) is 0 Å². The van der Waals surface area contributed by atoms with E-state index >= 15 is 0 Å². The number of nitrogens with zero attached hydrogens (tertiary/aromatic N) is 1. The Morgan fingerprint density at radius 3 is 2.72 bits per heavy atom. The molecule has 1 aliphatic rings. The van der Waals surface area contributed by atoms with Crippen molar-refractivity contribution in [1.29, 1.82) is 0 Å². The first-order chi connectivity index (χ1) is 14.0. The van der Waals surface area contributed by atoms with Crippen molar-refractivity contribution in [3.05, 3.63) is 60.2 Å². The molecular weight excluding hydrogens is 388 g/mol. The lowest BCUT2D eigenvalue weighted by Crippen LogP contribution is -2.45. The SMILES string of the molecule is COc1cccc(CCCNC(=O)C2CCCN(S(=O)(=O)c3ccccc3)C2)c1. The highest BCUT2D eigenvalue weighted by Gasteiger charge is 2.33. The number of carbonyl (C=O) groups excluding carboxylic acids is 1. The van der Waals surface area contributed by atoms with Crippen LogP contribution in [0.3, 0.4) is 0 Å². The van der Waals surface area contributed by atoms with Gasteiger partial charge in [-0.3, -0.25) is 4.79 Å². The molecule has 3 rings (SSSR count). The minimum absolute atomic E-state index is 0.0661. The average molecular weight is 417 g/mol. The number of benzene rings is 2. The normalized spacial score (nSPS) is 17.6. The van der Waals surface area contributed by atoms with Crippen LogP contribution in [0.15, 0.2) is 59.5 Å². The van der Waals surface area contributed by atoms with E-state index in [2.05, 4.69) is 5.32 Å². The maximum atomic E-state index is 12.8. The summed E-state index contributed by atoms with van der Waals surface area (Å²) in [5, 5.41) is 2.97. The van der Waals surface area contributed by atoms with Crippen LogP contribution < -0.4 is 10.1 Å². The Labute approximate surface area is 172 Å². The van der Waals surface area contributed by atoms with Gasteiger partial charge in [-0.25, -0.2) is 8.42 Å². The summed E-state index contributed by atoms with van der Waals surface area (Å²) in [6, 6.07) is 16.3. The monoisotopic (exact) mass is 416 g/mol. The maximum Gasteiger partial charge on any atom is 0.243 e. The Hall–Kier alpha value is -2.38. The van der Waals surface area contributed by atoms with Gasteiger partial charge in [0.25, 0.3) is 0 Å². The minimum Gasteiger partial charge on any atom is -0.497 e. The highest BCUT2D eigenvalue weighted by molar-refractivity contribution is 7.89. The van der Waals surface area contributed by atoms with Gasteiger partial charge in [-0.2, -0.15) is 4.31 Å². The van der Waals surface area contributed by atoms with E-state index in [0.717, 1.165) is 24.2 Å². The summed E-state index contributed by atoms with van der Waals surface area (Å²) < 4.78 is 32.3. The second kappa shape index (κ2) is 9.89. The third-order valence-electron chi connectivity index (χ3n) is 5.21. The first-order valence-corrected chi connectivity index (χ1v) is 11.4. The van der Waals surface area contributed by atoms with Crippen molar-refractivity contribution in [1.82, 2.24) is 9.62 Å². The lowest BCUT2D eigenvalue weighted by atomic mass is 9.99. The number of sulfonamides is 1. The summed E-state index contributed by atoms with van der Waals surface area (Å²) in [5.41, 5.74) is 1.16. The molecule has 1 atom stereocenters. The van der Waals surface area contributed by atoms with Gasteiger partial charge < -0.3 is 10.1 Å². The van der Waals surface area contributed by atoms with Gasteiger partial charge in [0.2, 0.25) is 15.9 Å². The number of methoxy groups -OCH3 is 1. The number of ether oxygens (including phenoxy) is 1. The van der Waals surface area contributed by atoms with Crippen molar-refractivity contribution >= 4 is 15.9 Å². The third kappa shape index (κ3) is 5.58. The lowest BCUT2D eigenvalue weighted by Gasteiger charge is -2.31. The zero-order valence-corrected chi connectivity index (χ0v) is 17.5. The van der Waals surface area contributed by atoms with Gasteiger partial charge in [0.1, 0.15) is 5.75 Å². The number of piperidine rings is 1. The zero-order chi connectivity index (χ0) is 20.7. The van der Waals surface area contributed by atoms with Crippen molar-refractivity contribution in [3.63, 3.8) is 0 Å². The Bertz CT molecular complexity index is 915. The van der Waals surface area contributed by atoms with Crippen LogP contribution >= 0.6 is 0 Å². The van der Waals surface area contributed by atoms with Gasteiger partial charge in [-0.05, 0) is 55.5 Å². The molecule has 2 aromatic carbocycles. The summed E-state index contributed by atoms with van der Waals surface area (Å²) in [5.74, 6) is 0.455. The molecule has 0 spiro atoms. The number of carbonyl (C=O) groups is 1. The smallest absolute Gasteiger partial charge is 0.243 e. The second-order valence-electron chi connectivity index (χ2n) is 7.26. The second-order valence-corrected chi connectivity index (χ2v) is 9.20. The molecule has 0 radical (unpaired) electrons. The van der Waals surface area contributed by atoms with Crippen LogP contribution in [0.1, 0.15) is 24.8 Å². The molecule has 1 unspecified atom stereocenters. The fraction of sp³-hybridized carbons (Fsp3) is 0.409. The van der Waals surface area contributed by atoms with Crippen molar-refractivity contribution in [2.24, 2.45) is 5.92 Å². The molecule has 1 aliphatic heterocycles. The molecule has 0 saturated carbocycles. The fourth-order valence-corrected chi connectivity index (χ4v) is 5.14. The molecule has 0 aliphatic carbocycles. The molecule has 29 heavy (non-hydrogen) atoms. The molecule has 6 nitrogen and oxygen atoms in total. The van der Waals surface area contributed by atoms with E-state index < -0.39 is 10.0 Å². The molecule has 1 amide bonds. The van der Waals surface area contributed by atoms with Gasteiger partial charge in [-0.1, -0.05) is 30.3 Å². The van der Waals surface area contributed by atoms with Gasteiger partial charge >= 0.3 is 0 Å². The highest BCUT2D eigenvalue weighted by Crippen LogP contribution is 2.23. The predicted octanol–water partition coefficient (Wildman–Crippen LogP) is 2.84. The number of nitrogens with one attached hydrogen (secondary N) is 1. The summed E-state index contributed by atoms with van der Waals surface area (Å²) in [6.45, 7) is 1.26. The van der Waals surface area contributed by atoms with Gasteiger partial charge in [0, 0.05) is 19.6 Å². The number of rotatable bonds is 8. The molecular formula is C22H28N2O4S. The molecule has 156 valence electrons. The average Bonchev–Trinajstić information content (AvgIpc) is 2.77. The number of hydrogen-bond donors (Lipinski definition) is 1. The standard InChI is InChI=1S/C22H28N2O4S/c1-28-20-11-5-8-18(16-20)9-6-14-23-22(25)19-10-7-15-24(17-19)29(26,27)21-12-3-2-4-13-21/h2-5,8,11-13,16,19H,6-7,9-10,14-15,17H2,1H3,(H,23,25). The summed E-state index contributed by atoms with van der Waals surface area (Å²) >= 11 is 0. The fourth-order valence-electron chi connectivity index (χ4n) is 3.59. The molecule has 1 heterocycles. The molecule has 7 heteroatoms. The van der Waals surface area contributed by atoms with E-state index in [1.807, 2.05) is 24.3 Å². The molecule has 1 saturated heterocycles. The van der Waals surface area contributed by atoms with E-state index in [-0.39, 0.29) is 23.3 Å². The quantitative estimate of drug-likeness (QED) is 0.672. The summed E-state index contributed by atoms with van der Waals surface area (Å²) in [4.78, 5) is 12.8. The van der Waals surface area contributed by atoms with Crippen LogP contribution in [0.25, 0.3) is 0 Å². The van der Waals surface area contributed by atoms with Crippen molar-refractivity contribution in [3.8, 4) is 5.75 Å².